The van der Waals surface area contributed by atoms with Crippen LogP contribution in [0.4, 0.5) is 0 Å². The van der Waals surface area contributed by atoms with Gasteiger partial charge in [-0.15, -0.1) is 0 Å². The standard InChI is InChI=1S/C4H12O6P2/c1-4(2)10-12(8,9)3-11(5,6)7/h4H,3H2,1-2H3,(H,8,9)(H2,5,6,7). The summed E-state index contributed by atoms with van der Waals surface area (Å²) in [6.45, 7) is 3.01. The van der Waals surface area contributed by atoms with Crippen LogP contribution in [0.2, 0.25) is 0 Å². The lowest BCUT2D eigenvalue weighted by Crippen LogP contribution is -2.03. The first-order chi connectivity index (χ1) is 5.12. The molecule has 0 aliphatic heterocycles. The van der Waals surface area contributed by atoms with Crippen molar-refractivity contribution in [2.24, 2.45) is 0 Å². The SMILES string of the molecule is CC(C)OP(=O)(O)CP(=O)(O)O. The molecule has 0 amide bonds. The van der Waals surface area contributed by atoms with Crippen LogP contribution in [-0.4, -0.2) is 26.7 Å². The van der Waals surface area contributed by atoms with E-state index in [4.69, 9.17) is 14.7 Å². The average Bonchev–Trinajstić information content (AvgIpc) is 1.48. The third-order valence-corrected chi connectivity index (χ3v) is 4.39. The van der Waals surface area contributed by atoms with Gasteiger partial charge in [-0.05, 0) is 13.8 Å². The molecule has 0 bridgehead atoms. The second-order valence-corrected chi connectivity index (χ2v) is 6.54. The molecule has 0 aliphatic carbocycles. The molecule has 1 atom stereocenters. The zero-order valence-corrected chi connectivity index (χ0v) is 8.53. The Morgan fingerprint density at radius 2 is 1.67 bits per heavy atom. The predicted molar refractivity (Wildman–Crippen MR) is 43.0 cm³/mol. The summed E-state index contributed by atoms with van der Waals surface area (Å²) in [6.07, 6.45) is -0.535. The van der Waals surface area contributed by atoms with Crippen molar-refractivity contribution in [3.05, 3.63) is 0 Å². The van der Waals surface area contributed by atoms with Crippen molar-refractivity contribution >= 4 is 15.2 Å². The Kier molecular flexibility index (Phi) is 4.11. The molecule has 0 radical (unpaired) electrons. The zero-order chi connectivity index (χ0) is 9.99. The van der Waals surface area contributed by atoms with E-state index in [0.717, 1.165) is 0 Å². The molecule has 3 N–H and O–H groups in total. The topological polar surface area (TPSA) is 104 Å². The third kappa shape index (κ3) is 6.98. The van der Waals surface area contributed by atoms with Gasteiger partial charge in [-0.3, -0.25) is 9.13 Å². The molecule has 0 heterocycles. The Morgan fingerprint density at radius 1 is 1.25 bits per heavy atom. The van der Waals surface area contributed by atoms with Gasteiger partial charge in [-0.25, -0.2) is 0 Å². The summed E-state index contributed by atoms with van der Waals surface area (Å²) < 4.78 is 25.6. The fraction of sp³-hybridized carbons (Fsp3) is 1.00. The van der Waals surface area contributed by atoms with Crippen molar-refractivity contribution in [1.29, 1.82) is 0 Å². The van der Waals surface area contributed by atoms with Crippen LogP contribution in [0.1, 0.15) is 13.8 Å². The summed E-state index contributed by atoms with van der Waals surface area (Å²) >= 11 is 0. The van der Waals surface area contributed by atoms with Crippen LogP contribution >= 0.6 is 15.2 Å². The first-order valence-electron chi connectivity index (χ1n) is 3.17. The molecule has 0 aliphatic rings. The van der Waals surface area contributed by atoms with Gasteiger partial charge in [0.25, 0.3) is 0 Å². The first kappa shape index (κ1) is 12.3. The van der Waals surface area contributed by atoms with Crippen LogP contribution in [-0.2, 0) is 13.7 Å². The molecule has 0 aromatic carbocycles. The van der Waals surface area contributed by atoms with Crippen molar-refractivity contribution < 1.29 is 28.3 Å². The van der Waals surface area contributed by atoms with Crippen LogP contribution < -0.4 is 0 Å². The predicted octanol–water partition coefficient (Wildman–Crippen LogP) is 0.732. The molecule has 0 aromatic heterocycles. The smallest absolute Gasteiger partial charge is 0.324 e. The largest absolute Gasteiger partial charge is 0.340 e. The third-order valence-electron chi connectivity index (χ3n) is 0.738. The van der Waals surface area contributed by atoms with Gasteiger partial charge < -0.3 is 19.2 Å². The van der Waals surface area contributed by atoms with Crippen molar-refractivity contribution in [3.63, 3.8) is 0 Å². The van der Waals surface area contributed by atoms with Crippen LogP contribution in [0.25, 0.3) is 0 Å². The Hall–Kier alpha value is 0.300. The highest BCUT2D eigenvalue weighted by atomic mass is 31.2. The van der Waals surface area contributed by atoms with E-state index in [9.17, 15) is 9.13 Å². The normalized spacial score (nSPS) is 17.8. The summed E-state index contributed by atoms with van der Waals surface area (Å²) in [5, 5.41) is 0. The molecule has 8 heteroatoms. The Balaban J connectivity index is 4.25. The maximum absolute atomic E-state index is 10.9. The van der Waals surface area contributed by atoms with E-state index in [1.165, 1.54) is 13.8 Å². The number of hydrogen-bond donors (Lipinski definition) is 3. The van der Waals surface area contributed by atoms with E-state index in [1.54, 1.807) is 0 Å². The molecule has 0 saturated heterocycles. The highest BCUT2D eigenvalue weighted by Gasteiger charge is 2.31. The van der Waals surface area contributed by atoms with Crippen LogP contribution in [0.5, 0.6) is 0 Å². The summed E-state index contributed by atoms with van der Waals surface area (Å²) in [4.78, 5) is 25.6. The van der Waals surface area contributed by atoms with Crippen LogP contribution in [0.3, 0.4) is 0 Å². The quantitative estimate of drug-likeness (QED) is 0.601. The Bertz CT molecular complexity index is 230. The van der Waals surface area contributed by atoms with E-state index in [0.29, 0.717) is 0 Å². The summed E-state index contributed by atoms with van der Waals surface area (Å²) in [5.74, 6) is -1.13. The molecular weight excluding hydrogens is 206 g/mol. The van der Waals surface area contributed by atoms with Gasteiger partial charge in [0.05, 0.1) is 6.10 Å². The van der Waals surface area contributed by atoms with Gasteiger partial charge in [-0.2, -0.15) is 0 Å². The fourth-order valence-electron chi connectivity index (χ4n) is 0.596. The second kappa shape index (κ2) is 4.01. The number of hydrogen-bond acceptors (Lipinski definition) is 3. The van der Waals surface area contributed by atoms with Gasteiger partial charge in [-0.1, -0.05) is 0 Å². The molecular formula is C4H12O6P2. The van der Waals surface area contributed by atoms with Crippen molar-refractivity contribution in [2.75, 3.05) is 5.90 Å². The van der Waals surface area contributed by atoms with E-state index in [1.807, 2.05) is 0 Å². The van der Waals surface area contributed by atoms with E-state index in [-0.39, 0.29) is 0 Å². The molecule has 74 valence electrons. The molecule has 6 nitrogen and oxygen atoms in total. The summed E-state index contributed by atoms with van der Waals surface area (Å²) in [5.41, 5.74) is 0. The lowest BCUT2D eigenvalue weighted by molar-refractivity contribution is 0.206. The maximum Gasteiger partial charge on any atom is 0.340 e. The molecule has 0 spiro atoms. The number of rotatable bonds is 4. The fourth-order valence-corrected chi connectivity index (χ4v) is 3.38. The zero-order valence-electron chi connectivity index (χ0n) is 6.75. The van der Waals surface area contributed by atoms with Gasteiger partial charge in [0.1, 0.15) is 0 Å². The molecule has 12 heavy (non-hydrogen) atoms. The van der Waals surface area contributed by atoms with Gasteiger partial charge in [0.2, 0.25) is 0 Å². The highest BCUT2D eigenvalue weighted by Crippen LogP contribution is 2.55. The molecule has 0 rings (SSSR count). The van der Waals surface area contributed by atoms with Crippen LogP contribution in [0, 0.1) is 0 Å². The molecule has 0 saturated carbocycles. The molecule has 1 unspecified atom stereocenters. The minimum absolute atomic E-state index is 0.535. The maximum atomic E-state index is 10.9. The van der Waals surface area contributed by atoms with Gasteiger partial charge in [0, 0.05) is 0 Å². The Morgan fingerprint density at radius 3 is 1.92 bits per heavy atom. The highest BCUT2D eigenvalue weighted by molar-refractivity contribution is 7.70. The summed E-state index contributed by atoms with van der Waals surface area (Å²) in [7, 11) is -8.61. The van der Waals surface area contributed by atoms with Gasteiger partial charge in [0.15, 0.2) is 5.90 Å². The minimum atomic E-state index is -4.48. The molecule has 0 aromatic rings. The van der Waals surface area contributed by atoms with Crippen molar-refractivity contribution in [3.8, 4) is 0 Å². The van der Waals surface area contributed by atoms with Crippen LogP contribution in [0.15, 0.2) is 0 Å². The van der Waals surface area contributed by atoms with E-state index < -0.39 is 27.2 Å². The monoisotopic (exact) mass is 218 g/mol. The second-order valence-electron chi connectivity index (χ2n) is 2.60. The van der Waals surface area contributed by atoms with Crippen molar-refractivity contribution in [2.45, 2.75) is 20.0 Å². The Labute approximate surface area is 70.3 Å². The van der Waals surface area contributed by atoms with Crippen molar-refractivity contribution in [1.82, 2.24) is 0 Å². The lowest BCUT2D eigenvalue weighted by Gasteiger charge is -2.14. The van der Waals surface area contributed by atoms with E-state index in [2.05, 4.69) is 4.52 Å². The van der Waals surface area contributed by atoms with Gasteiger partial charge >= 0.3 is 15.2 Å². The van der Waals surface area contributed by atoms with E-state index >= 15 is 0 Å². The lowest BCUT2D eigenvalue weighted by atomic mass is 10.5. The minimum Gasteiger partial charge on any atom is -0.324 e. The molecule has 0 fully saturated rings. The summed E-state index contributed by atoms with van der Waals surface area (Å²) in [6, 6.07) is 0. The first-order valence-corrected chi connectivity index (χ1v) is 6.73. The average molecular weight is 218 g/mol.